The van der Waals surface area contributed by atoms with Crippen molar-refractivity contribution in [1.82, 2.24) is 20.4 Å². The second-order valence-electron chi connectivity index (χ2n) is 5.62. The Hall–Kier alpha value is -1.22. The monoisotopic (exact) mass is 315 g/mol. The summed E-state index contributed by atoms with van der Waals surface area (Å²) in [6.45, 7) is 6.79. The molecule has 0 bridgehead atoms. The van der Waals surface area contributed by atoms with E-state index in [1.54, 1.807) is 0 Å². The van der Waals surface area contributed by atoms with Crippen LogP contribution in [0.4, 0.5) is 0 Å². The van der Waals surface area contributed by atoms with Crippen LogP contribution < -0.4 is 16.4 Å². The van der Waals surface area contributed by atoms with Crippen LogP contribution in [0.1, 0.15) is 12.8 Å². The fraction of sp³-hybridized carbons (Fsp3) is 0.857. The number of aliphatic carboxylic acids is 1. The number of rotatable bonds is 4. The van der Waals surface area contributed by atoms with Gasteiger partial charge in [-0.1, -0.05) is 0 Å². The molecule has 128 valence electrons. The molecule has 8 heteroatoms. The van der Waals surface area contributed by atoms with Crippen LogP contribution in [-0.4, -0.2) is 92.2 Å². The largest absolute Gasteiger partial charge is 0.480 e. The van der Waals surface area contributed by atoms with E-state index in [4.69, 9.17) is 10.8 Å². The third kappa shape index (κ3) is 9.67. The van der Waals surface area contributed by atoms with Crippen molar-refractivity contribution in [2.45, 2.75) is 12.8 Å². The number of amides is 1. The quantitative estimate of drug-likeness (QED) is 0.481. The SMILES string of the molecule is NC(=O)CN1CCCNCCN(CC(=O)O)CCCNCC1. The molecule has 1 rings (SSSR count). The zero-order chi connectivity index (χ0) is 16.2. The van der Waals surface area contributed by atoms with Gasteiger partial charge in [-0.2, -0.15) is 0 Å². The second kappa shape index (κ2) is 11.4. The second-order valence-corrected chi connectivity index (χ2v) is 5.62. The number of carboxylic acid groups (broad SMARTS) is 1. The molecule has 0 aromatic rings. The van der Waals surface area contributed by atoms with Gasteiger partial charge < -0.3 is 21.5 Å². The third-order valence-corrected chi connectivity index (χ3v) is 3.60. The molecule has 1 fully saturated rings. The number of carbonyl (C=O) groups is 2. The minimum Gasteiger partial charge on any atom is -0.480 e. The highest BCUT2D eigenvalue weighted by Crippen LogP contribution is 1.94. The lowest BCUT2D eigenvalue weighted by Crippen LogP contribution is -2.41. The van der Waals surface area contributed by atoms with E-state index in [2.05, 4.69) is 15.5 Å². The molecule has 1 aliphatic rings. The Morgan fingerprint density at radius 3 is 1.82 bits per heavy atom. The molecular weight excluding hydrogens is 286 g/mol. The van der Waals surface area contributed by atoms with Crippen molar-refractivity contribution < 1.29 is 14.7 Å². The predicted octanol–water partition coefficient (Wildman–Crippen LogP) is -1.87. The van der Waals surface area contributed by atoms with Crippen LogP contribution in [0, 0.1) is 0 Å². The number of primary amides is 1. The molecule has 0 aromatic heterocycles. The lowest BCUT2D eigenvalue weighted by molar-refractivity contribution is -0.138. The first-order chi connectivity index (χ1) is 10.6. The van der Waals surface area contributed by atoms with Gasteiger partial charge in [-0.25, -0.2) is 0 Å². The highest BCUT2D eigenvalue weighted by Gasteiger charge is 2.11. The first-order valence-corrected chi connectivity index (χ1v) is 7.94. The van der Waals surface area contributed by atoms with Crippen molar-refractivity contribution in [3.63, 3.8) is 0 Å². The first kappa shape index (κ1) is 18.8. The maximum absolute atomic E-state index is 11.1. The zero-order valence-corrected chi connectivity index (χ0v) is 13.2. The van der Waals surface area contributed by atoms with Gasteiger partial charge in [-0.3, -0.25) is 19.4 Å². The van der Waals surface area contributed by atoms with E-state index < -0.39 is 5.97 Å². The Bertz CT molecular complexity index is 292. The molecule has 0 aromatic carbocycles. The molecule has 5 N–H and O–H groups in total. The summed E-state index contributed by atoms with van der Waals surface area (Å²) < 4.78 is 0. The summed E-state index contributed by atoms with van der Waals surface area (Å²) in [6, 6.07) is 0. The van der Waals surface area contributed by atoms with Crippen LogP contribution in [0.5, 0.6) is 0 Å². The van der Waals surface area contributed by atoms with Gasteiger partial charge in [0.1, 0.15) is 0 Å². The Morgan fingerprint density at radius 1 is 0.864 bits per heavy atom. The molecule has 8 nitrogen and oxygen atoms in total. The number of carboxylic acids is 1. The van der Waals surface area contributed by atoms with E-state index in [0.29, 0.717) is 6.54 Å². The molecule has 0 radical (unpaired) electrons. The standard InChI is InChI=1S/C14H29N5O3/c15-13(20)11-18-7-1-3-17-6-10-19(12-14(21)22)8-2-4-16-5-9-18/h16-17H,1-12H2,(H2,15,20)(H,21,22). The van der Waals surface area contributed by atoms with E-state index in [9.17, 15) is 9.59 Å². The number of nitrogens with zero attached hydrogens (tertiary/aromatic N) is 2. The van der Waals surface area contributed by atoms with Crippen molar-refractivity contribution in [1.29, 1.82) is 0 Å². The van der Waals surface area contributed by atoms with Gasteiger partial charge in [0.15, 0.2) is 0 Å². The molecular formula is C14H29N5O3. The predicted molar refractivity (Wildman–Crippen MR) is 84.7 cm³/mol. The van der Waals surface area contributed by atoms with Gasteiger partial charge in [0.2, 0.25) is 5.91 Å². The summed E-state index contributed by atoms with van der Waals surface area (Å²) in [7, 11) is 0. The highest BCUT2D eigenvalue weighted by atomic mass is 16.4. The molecule has 1 heterocycles. The Morgan fingerprint density at radius 2 is 1.36 bits per heavy atom. The Labute approximate surface area is 132 Å². The summed E-state index contributed by atoms with van der Waals surface area (Å²) in [5.41, 5.74) is 5.27. The molecule has 0 aliphatic carbocycles. The fourth-order valence-electron chi connectivity index (χ4n) is 2.53. The van der Waals surface area contributed by atoms with E-state index in [1.165, 1.54) is 0 Å². The minimum atomic E-state index is -0.781. The Kier molecular flexibility index (Phi) is 9.72. The lowest BCUT2D eigenvalue weighted by Gasteiger charge is -2.23. The van der Waals surface area contributed by atoms with Crippen molar-refractivity contribution in [3.8, 4) is 0 Å². The molecule has 1 aliphatic heterocycles. The van der Waals surface area contributed by atoms with E-state index >= 15 is 0 Å². The molecule has 0 unspecified atom stereocenters. The van der Waals surface area contributed by atoms with E-state index in [-0.39, 0.29) is 12.5 Å². The van der Waals surface area contributed by atoms with Crippen LogP contribution in [0.25, 0.3) is 0 Å². The summed E-state index contributed by atoms with van der Waals surface area (Å²) >= 11 is 0. The topological polar surface area (TPSA) is 111 Å². The van der Waals surface area contributed by atoms with Gasteiger partial charge in [-0.05, 0) is 39.0 Å². The molecule has 0 saturated carbocycles. The van der Waals surface area contributed by atoms with Gasteiger partial charge in [0.25, 0.3) is 0 Å². The summed E-state index contributed by atoms with van der Waals surface area (Å²) in [5.74, 6) is -1.07. The number of nitrogens with one attached hydrogen (secondary N) is 2. The summed E-state index contributed by atoms with van der Waals surface area (Å²) in [5, 5.41) is 15.6. The lowest BCUT2D eigenvalue weighted by atomic mass is 10.3. The van der Waals surface area contributed by atoms with Gasteiger partial charge in [0, 0.05) is 26.2 Å². The zero-order valence-electron chi connectivity index (χ0n) is 13.2. The average molecular weight is 315 g/mol. The smallest absolute Gasteiger partial charge is 0.317 e. The van der Waals surface area contributed by atoms with Crippen LogP contribution in [0.2, 0.25) is 0 Å². The van der Waals surface area contributed by atoms with Gasteiger partial charge in [0.05, 0.1) is 13.1 Å². The van der Waals surface area contributed by atoms with Crippen LogP contribution in [0.3, 0.4) is 0 Å². The molecule has 22 heavy (non-hydrogen) atoms. The van der Waals surface area contributed by atoms with Crippen LogP contribution in [0.15, 0.2) is 0 Å². The Balaban J connectivity index is 2.38. The fourth-order valence-corrected chi connectivity index (χ4v) is 2.53. The average Bonchev–Trinajstić information content (AvgIpc) is 2.43. The van der Waals surface area contributed by atoms with Gasteiger partial charge >= 0.3 is 5.97 Å². The number of carbonyl (C=O) groups excluding carboxylic acids is 1. The van der Waals surface area contributed by atoms with Crippen molar-refractivity contribution in [2.75, 3.05) is 65.4 Å². The first-order valence-electron chi connectivity index (χ1n) is 7.94. The third-order valence-electron chi connectivity index (χ3n) is 3.60. The van der Waals surface area contributed by atoms with Crippen molar-refractivity contribution in [2.24, 2.45) is 5.73 Å². The summed E-state index contributed by atoms with van der Waals surface area (Å²) in [4.78, 5) is 25.9. The minimum absolute atomic E-state index is 0.0913. The molecule has 1 saturated heterocycles. The normalized spacial score (nSPS) is 21.1. The number of hydrogen-bond acceptors (Lipinski definition) is 6. The number of nitrogens with two attached hydrogens (primary N) is 1. The van der Waals surface area contributed by atoms with Crippen LogP contribution >= 0.6 is 0 Å². The van der Waals surface area contributed by atoms with E-state index in [0.717, 1.165) is 65.2 Å². The summed E-state index contributed by atoms with van der Waals surface area (Å²) in [6.07, 6.45) is 1.84. The molecule has 0 atom stereocenters. The van der Waals surface area contributed by atoms with E-state index in [1.807, 2.05) is 4.90 Å². The number of hydrogen-bond donors (Lipinski definition) is 4. The molecule has 1 amide bonds. The van der Waals surface area contributed by atoms with Crippen molar-refractivity contribution >= 4 is 11.9 Å². The highest BCUT2D eigenvalue weighted by molar-refractivity contribution is 5.75. The maximum atomic E-state index is 11.1. The maximum Gasteiger partial charge on any atom is 0.317 e. The van der Waals surface area contributed by atoms with Crippen LogP contribution in [-0.2, 0) is 9.59 Å². The van der Waals surface area contributed by atoms with Gasteiger partial charge in [-0.15, -0.1) is 0 Å². The molecule has 0 spiro atoms. The van der Waals surface area contributed by atoms with Crippen molar-refractivity contribution in [3.05, 3.63) is 0 Å².